The minimum absolute atomic E-state index is 0.00609. The van der Waals surface area contributed by atoms with Crippen molar-refractivity contribution in [1.29, 1.82) is 0 Å². The van der Waals surface area contributed by atoms with Crippen LogP contribution in [0.15, 0.2) is 36.5 Å². The van der Waals surface area contributed by atoms with E-state index in [2.05, 4.69) is 43.5 Å². The molecule has 66 heavy (non-hydrogen) atoms. The van der Waals surface area contributed by atoms with E-state index in [-0.39, 0.29) is 12.5 Å². The molecule has 0 fully saturated rings. The first-order valence-corrected chi connectivity index (χ1v) is 29.8. The Morgan fingerprint density at radius 3 is 1.23 bits per heavy atom. The number of quaternary nitrogens is 1. The van der Waals surface area contributed by atoms with Crippen LogP contribution in [0, 0.1) is 0 Å². The SMILES string of the molecule is CCCCCCCCCC/C=C\CCCCCCCCCCCC(=O)NC(COP(=O)([O-])OCC[N+](C)(C)C)C(O)/C=C/CC/C=C/CCCCCCCCCCCCCCCCCCC. The highest BCUT2D eigenvalue weighted by atomic mass is 31.2. The zero-order valence-electron chi connectivity index (χ0n) is 44.4. The summed E-state index contributed by atoms with van der Waals surface area (Å²) < 4.78 is 23.3. The summed E-state index contributed by atoms with van der Waals surface area (Å²) in [5.41, 5.74) is 0. The summed E-state index contributed by atoms with van der Waals surface area (Å²) in [6.45, 7) is 4.66. The number of aliphatic hydroxyl groups excluding tert-OH is 1. The van der Waals surface area contributed by atoms with Gasteiger partial charge in [0.2, 0.25) is 5.91 Å². The summed E-state index contributed by atoms with van der Waals surface area (Å²) in [5.74, 6) is -0.207. The minimum Gasteiger partial charge on any atom is -0.756 e. The molecule has 3 unspecified atom stereocenters. The molecule has 390 valence electrons. The molecule has 0 aromatic carbocycles. The minimum atomic E-state index is -4.60. The number of aliphatic hydroxyl groups is 1. The van der Waals surface area contributed by atoms with Crippen LogP contribution < -0.4 is 10.2 Å². The lowest BCUT2D eigenvalue weighted by Crippen LogP contribution is -2.45. The van der Waals surface area contributed by atoms with Crippen LogP contribution in [-0.2, 0) is 18.4 Å². The molecule has 2 N–H and O–H groups in total. The molecule has 0 radical (unpaired) electrons. The molecule has 9 heteroatoms. The number of rotatable bonds is 52. The van der Waals surface area contributed by atoms with Gasteiger partial charge in [0.05, 0.1) is 39.9 Å². The number of hydrogen-bond acceptors (Lipinski definition) is 6. The Labute approximate surface area is 410 Å². The van der Waals surface area contributed by atoms with Crippen molar-refractivity contribution in [3.63, 3.8) is 0 Å². The van der Waals surface area contributed by atoms with Gasteiger partial charge >= 0.3 is 0 Å². The van der Waals surface area contributed by atoms with Crippen molar-refractivity contribution >= 4 is 13.7 Å². The molecular formula is C57H111N2O6P. The number of nitrogens with one attached hydrogen (secondary N) is 1. The van der Waals surface area contributed by atoms with Crippen LogP contribution in [0.3, 0.4) is 0 Å². The van der Waals surface area contributed by atoms with E-state index in [0.717, 1.165) is 38.5 Å². The highest BCUT2D eigenvalue weighted by molar-refractivity contribution is 7.45. The van der Waals surface area contributed by atoms with E-state index in [1.165, 1.54) is 212 Å². The van der Waals surface area contributed by atoms with Crippen LogP contribution in [0.5, 0.6) is 0 Å². The maximum atomic E-state index is 12.9. The van der Waals surface area contributed by atoms with Gasteiger partial charge in [0, 0.05) is 6.42 Å². The van der Waals surface area contributed by atoms with Gasteiger partial charge in [-0.15, -0.1) is 0 Å². The third kappa shape index (κ3) is 50.6. The van der Waals surface area contributed by atoms with E-state index >= 15 is 0 Å². The van der Waals surface area contributed by atoms with Crippen LogP contribution in [0.1, 0.15) is 271 Å². The van der Waals surface area contributed by atoms with Crippen molar-refractivity contribution in [2.24, 2.45) is 0 Å². The standard InChI is InChI=1S/C57H111N2O6P/c1-6-8-10-12-14-16-18-20-22-24-26-28-29-31-32-34-36-38-40-42-44-46-48-50-56(60)55(54-65-66(62,63)64-53-52-59(3,4)5)58-57(61)51-49-47-45-43-41-39-37-35-33-30-27-25-23-21-19-17-15-13-11-9-7-2/h25,27,40,42,48,50,55-56,60H,6-24,26,28-39,41,43-47,49,51-54H2,1-5H3,(H-,58,61,62,63)/b27-25-,42-40+,50-48+. The van der Waals surface area contributed by atoms with Crippen LogP contribution >= 0.6 is 7.82 Å². The molecule has 0 aromatic rings. The van der Waals surface area contributed by atoms with Gasteiger partial charge < -0.3 is 28.8 Å². The first kappa shape index (κ1) is 64.7. The fraction of sp³-hybridized carbons (Fsp3) is 0.877. The van der Waals surface area contributed by atoms with E-state index < -0.39 is 26.6 Å². The third-order valence-electron chi connectivity index (χ3n) is 12.8. The van der Waals surface area contributed by atoms with Crippen molar-refractivity contribution in [3.05, 3.63) is 36.5 Å². The summed E-state index contributed by atoms with van der Waals surface area (Å²) in [5, 5.41) is 13.9. The number of nitrogens with zero attached hydrogens (tertiary/aromatic N) is 1. The maximum absolute atomic E-state index is 12.9. The van der Waals surface area contributed by atoms with Gasteiger partial charge in [-0.1, -0.05) is 243 Å². The largest absolute Gasteiger partial charge is 0.756 e. The molecule has 0 spiro atoms. The fourth-order valence-corrected chi connectivity index (χ4v) is 9.06. The normalized spacial score (nSPS) is 14.2. The highest BCUT2D eigenvalue weighted by Crippen LogP contribution is 2.38. The van der Waals surface area contributed by atoms with Crippen LogP contribution in [0.2, 0.25) is 0 Å². The number of phosphoric acid groups is 1. The fourth-order valence-electron chi connectivity index (χ4n) is 8.34. The van der Waals surface area contributed by atoms with Crippen molar-refractivity contribution in [3.8, 4) is 0 Å². The predicted molar refractivity (Wildman–Crippen MR) is 284 cm³/mol. The second-order valence-corrected chi connectivity index (χ2v) is 22.0. The molecular weight excluding hydrogens is 840 g/mol. The molecule has 8 nitrogen and oxygen atoms in total. The third-order valence-corrected chi connectivity index (χ3v) is 13.8. The topological polar surface area (TPSA) is 108 Å². The lowest BCUT2D eigenvalue weighted by Gasteiger charge is -2.29. The van der Waals surface area contributed by atoms with Crippen molar-refractivity contribution < 1.29 is 32.9 Å². The highest BCUT2D eigenvalue weighted by Gasteiger charge is 2.23. The molecule has 1 amide bonds. The number of carbonyl (C=O) groups excluding carboxylic acids is 1. The van der Waals surface area contributed by atoms with Gasteiger partial charge in [-0.2, -0.15) is 0 Å². The Morgan fingerprint density at radius 1 is 0.515 bits per heavy atom. The second kappa shape index (κ2) is 48.7. The van der Waals surface area contributed by atoms with Crippen molar-refractivity contribution in [2.75, 3.05) is 40.9 Å². The summed E-state index contributed by atoms with van der Waals surface area (Å²) in [7, 11) is 1.25. The van der Waals surface area contributed by atoms with E-state index in [1.54, 1.807) is 6.08 Å². The molecule has 3 atom stereocenters. The van der Waals surface area contributed by atoms with Crippen LogP contribution in [0.4, 0.5) is 0 Å². The predicted octanol–water partition coefficient (Wildman–Crippen LogP) is 16.4. The summed E-state index contributed by atoms with van der Waals surface area (Å²) in [6.07, 6.45) is 62.2. The Balaban J connectivity index is 4.27. The molecule has 0 bridgehead atoms. The van der Waals surface area contributed by atoms with Crippen LogP contribution in [-0.4, -0.2) is 68.5 Å². The lowest BCUT2D eigenvalue weighted by atomic mass is 10.0. The van der Waals surface area contributed by atoms with Gasteiger partial charge in [-0.05, 0) is 57.8 Å². The maximum Gasteiger partial charge on any atom is 0.268 e. The van der Waals surface area contributed by atoms with Gasteiger partial charge in [0.15, 0.2) is 0 Å². The second-order valence-electron chi connectivity index (χ2n) is 20.6. The first-order valence-electron chi connectivity index (χ1n) is 28.4. The van der Waals surface area contributed by atoms with E-state index in [0.29, 0.717) is 17.4 Å². The number of likely N-dealkylation sites (N-methyl/N-ethyl adjacent to an activating group) is 1. The average molecular weight is 951 g/mol. The summed E-state index contributed by atoms with van der Waals surface area (Å²) >= 11 is 0. The molecule has 0 saturated heterocycles. The summed E-state index contributed by atoms with van der Waals surface area (Å²) in [4.78, 5) is 25.5. The lowest BCUT2D eigenvalue weighted by molar-refractivity contribution is -0.870. The number of hydrogen-bond donors (Lipinski definition) is 2. The van der Waals surface area contributed by atoms with E-state index in [1.807, 2.05) is 27.2 Å². The number of phosphoric ester groups is 1. The molecule has 0 rings (SSSR count). The Hall–Kier alpha value is -1.28. The smallest absolute Gasteiger partial charge is 0.268 e. The Bertz CT molecular complexity index is 1170. The van der Waals surface area contributed by atoms with Gasteiger partial charge in [0.25, 0.3) is 7.82 Å². The number of unbranched alkanes of at least 4 members (excludes halogenated alkanes) is 35. The zero-order valence-corrected chi connectivity index (χ0v) is 45.3. The molecule has 0 heterocycles. The number of amides is 1. The van der Waals surface area contributed by atoms with Gasteiger partial charge in [-0.3, -0.25) is 9.36 Å². The van der Waals surface area contributed by atoms with E-state index in [4.69, 9.17) is 9.05 Å². The van der Waals surface area contributed by atoms with Gasteiger partial charge in [-0.25, -0.2) is 0 Å². The molecule has 0 aliphatic heterocycles. The molecule has 0 aromatic heterocycles. The number of allylic oxidation sites excluding steroid dienone is 5. The Kier molecular flexibility index (Phi) is 47.8. The Morgan fingerprint density at radius 2 is 0.848 bits per heavy atom. The zero-order chi connectivity index (χ0) is 48.5. The number of carbonyl (C=O) groups is 1. The first-order chi connectivity index (χ1) is 32.0. The van der Waals surface area contributed by atoms with Crippen molar-refractivity contribution in [1.82, 2.24) is 5.32 Å². The van der Waals surface area contributed by atoms with Gasteiger partial charge in [0.1, 0.15) is 13.2 Å². The quantitative estimate of drug-likeness (QED) is 0.0272. The van der Waals surface area contributed by atoms with E-state index in [9.17, 15) is 19.4 Å². The monoisotopic (exact) mass is 951 g/mol. The summed E-state index contributed by atoms with van der Waals surface area (Å²) in [6, 6.07) is -0.904. The molecule has 0 aliphatic rings. The van der Waals surface area contributed by atoms with Crippen LogP contribution in [0.25, 0.3) is 0 Å². The average Bonchev–Trinajstić information content (AvgIpc) is 3.28. The molecule has 0 aliphatic carbocycles. The van der Waals surface area contributed by atoms with Crippen molar-refractivity contribution in [2.45, 2.75) is 283 Å². The molecule has 0 saturated carbocycles.